The Morgan fingerprint density at radius 1 is 1.77 bits per heavy atom. The van der Waals surface area contributed by atoms with E-state index in [0.717, 1.165) is 10.0 Å². The molecule has 0 spiro atoms. The number of aromatic nitrogens is 1. The molecule has 1 heterocycles. The van der Waals surface area contributed by atoms with E-state index in [1.54, 1.807) is 23.1 Å². The third-order valence-corrected chi connectivity index (χ3v) is 3.74. The molecule has 0 fully saturated rings. The molecule has 0 aliphatic rings. The van der Waals surface area contributed by atoms with Crippen LogP contribution in [-0.2, 0) is 5.75 Å². The van der Waals surface area contributed by atoms with E-state index in [2.05, 4.69) is 4.98 Å². The second kappa shape index (κ2) is 6.53. The minimum absolute atomic E-state index is 0. The molecule has 0 unspecified atom stereocenters. The first-order valence-corrected chi connectivity index (χ1v) is 6.26. The monoisotopic (exact) mass is 255 g/mol. The van der Waals surface area contributed by atoms with Crippen LogP contribution in [0, 0.1) is 5.41 Å². The quantitative estimate of drug-likeness (QED) is 0.495. The van der Waals surface area contributed by atoms with Crippen molar-refractivity contribution in [3.05, 3.63) is 11.1 Å². The Bertz CT molecular complexity index is 276. The standard InChI is InChI=1S/C6H9N3S3.ClH/c1-10-6-9-4(3-12-6)2-11-5(7)8;/h3H,2H2,1H3,(H3,7,8);1H. The molecule has 1 aromatic heterocycles. The largest absolute Gasteiger partial charge is 0.379 e. The Kier molecular flexibility index (Phi) is 6.58. The molecule has 0 amide bonds. The van der Waals surface area contributed by atoms with Gasteiger partial charge in [-0.1, -0.05) is 23.5 Å². The third kappa shape index (κ3) is 4.75. The normalized spacial score (nSPS) is 9.31. The number of amidine groups is 1. The number of nitrogens with two attached hydrogens (primary N) is 1. The molecule has 13 heavy (non-hydrogen) atoms. The highest BCUT2D eigenvalue weighted by atomic mass is 35.5. The number of rotatable bonds is 3. The fourth-order valence-corrected chi connectivity index (χ4v) is 2.44. The summed E-state index contributed by atoms with van der Waals surface area (Å²) in [6, 6.07) is 0. The van der Waals surface area contributed by atoms with Crippen molar-refractivity contribution in [2.45, 2.75) is 10.1 Å². The van der Waals surface area contributed by atoms with Crippen LogP contribution in [0.2, 0.25) is 0 Å². The van der Waals surface area contributed by atoms with E-state index < -0.39 is 0 Å². The summed E-state index contributed by atoms with van der Waals surface area (Å²) in [5, 5.41) is 9.16. The SMILES string of the molecule is CSc1nc(CSC(=N)N)cs1.Cl. The van der Waals surface area contributed by atoms with Gasteiger partial charge >= 0.3 is 0 Å². The lowest BCUT2D eigenvalue weighted by molar-refractivity contribution is 1.14. The predicted molar refractivity (Wildman–Crippen MR) is 64.4 cm³/mol. The van der Waals surface area contributed by atoms with Crippen LogP contribution in [-0.4, -0.2) is 16.4 Å². The summed E-state index contributed by atoms with van der Waals surface area (Å²) in [6.07, 6.45) is 2.00. The zero-order chi connectivity index (χ0) is 8.97. The van der Waals surface area contributed by atoms with Crippen molar-refractivity contribution in [3.8, 4) is 0 Å². The van der Waals surface area contributed by atoms with Crippen molar-refractivity contribution in [3.63, 3.8) is 0 Å². The van der Waals surface area contributed by atoms with Crippen LogP contribution < -0.4 is 5.73 Å². The van der Waals surface area contributed by atoms with Crippen LogP contribution in [0.15, 0.2) is 9.72 Å². The van der Waals surface area contributed by atoms with Gasteiger partial charge in [-0.2, -0.15) is 0 Å². The van der Waals surface area contributed by atoms with Crippen molar-refractivity contribution in [1.29, 1.82) is 5.41 Å². The fraction of sp³-hybridized carbons (Fsp3) is 0.333. The number of nitrogens with one attached hydrogen (secondary N) is 1. The van der Waals surface area contributed by atoms with E-state index in [-0.39, 0.29) is 17.6 Å². The van der Waals surface area contributed by atoms with Gasteiger partial charge in [0.1, 0.15) is 4.34 Å². The van der Waals surface area contributed by atoms with Gasteiger partial charge in [0.05, 0.1) is 5.69 Å². The maximum Gasteiger partial charge on any atom is 0.151 e. The zero-order valence-electron chi connectivity index (χ0n) is 6.94. The highest BCUT2D eigenvalue weighted by Gasteiger charge is 2.01. The summed E-state index contributed by atoms with van der Waals surface area (Å²) in [7, 11) is 0. The number of hydrogen-bond donors (Lipinski definition) is 2. The molecule has 1 rings (SSSR count). The van der Waals surface area contributed by atoms with Crippen molar-refractivity contribution in [2.75, 3.05) is 6.26 Å². The number of thiazole rings is 1. The van der Waals surface area contributed by atoms with Crippen LogP contribution in [0.1, 0.15) is 5.69 Å². The fourth-order valence-electron chi connectivity index (χ4n) is 0.600. The van der Waals surface area contributed by atoms with Gasteiger partial charge in [0, 0.05) is 11.1 Å². The minimum atomic E-state index is 0. The molecule has 0 saturated carbocycles. The highest BCUT2D eigenvalue weighted by molar-refractivity contribution is 8.13. The van der Waals surface area contributed by atoms with Crippen LogP contribution in [0.3, 0.4) is 0 Å². The molecular weight excluding hydrogens is 246 g/mol. The number of halogens is 1. The second-order valence-electron chi connectivity index (χ2n) is 1.96. The van der Waals surface area contributed by atoms with Crippen LogP contribution in [0.5, 0.6) is 0 Å². The lowest BCUT2D eigenvalue weighted by atomic mass is 10.6. The molecule has 0 aromatic carbocycles. The minimum Gasteiger partial charge on any atom is -0.379 e. The lowest BCUT2D eigenvalue weighted by Crippen LogP contribution is -2.03. The second-order valence-corrected chi connectivity index (χ2v) is 4.89. The van der Waals surface area contributed by atoms with E-state index in [9.17, 15) is 0 Å². The lowest BCUT2D eigenvalue weighted by Gasteiger charge is -1.92. The van der Waals surface area contributed by atoms with Crippen LogP contribution in [0.4, 0.5) is 0 Å². The van der Waals surface area contributed by atoms with E-state index in [4.69, 9.17) is 11.1 Å². The van der Waals surface area contributed by atoms with Gasteiger partial charge in [0.15, 0.2) is 5.17 Å². The molecule has 0 bridgehead atoms. The van der Waals surface area contributed by atoms with Crippen molar-refractivity contribution >= 4 is 52.4 Å². The summed E-state index contributed by atoms with van der Waals surface area (Å²) in [5.41, 5.74) is 6.20. The topological polar surface area (TPSA) is 62.8 Å². The summed E-state index contributed by atoms with van der Waals surface area (Å²) in [5.74, 6) is 0.701. The molecule has 0 aliphatic heterocycles. The highest BCUT2D eigenvalue weighted by Crippen LogP contribution is 2.22. The molecule has 0 aliphatic carbocycles. The van der Waals surface area contributed by atoms with Gasteiger partial charge < -0.3 is 5.73 Å². The number of hydrogen-bond acceptors (Lipinski definition) is 5. The summed E-state index contributed by atoms with van der Waals surface area (Å²) < 4.78 is 1.06. The molecule has 0 atom stereocenters. The molecule has 3 N–H and O–H groups in total. The summed E-state index contributed by atoms with van der Waals surface area (Å²) >= 11 is 4.57. The number of nitrogens with zero attached hydrogens (tertiary/aromatic N) is 1. The van der Waals surface area contributed by atoms with Crippen molar-refractivity contribution < 1.29 is 0 Å². The van der Waals surface area contributed by atoms with E-state index in [1.165, 1.54) is 11.8 Å². The maximum absolute atomic E-state index is 7.01. The van der Waals surface area contributed by atoms with Crippen LogP contribution in [0.25, 0.3) is 0 Å². The molecule has 7 heteroatoms. The first kappa shape index (κ1) is 13.1. The van der Waals surface area contributed by atoms with E-state index >= 15 is 0 Å². The van der Waals surface area contributed by atoms with Crippen LogP contribution >= 0.6 is 47.3 Å². The molecular formula is C6H10ClN3S3. The van der Waals surface area contributed by atoms with Gasteiger partial charge in [0.2, 0.25) is 0 Å². The molecule has 1 aromatic rings. The van der Waals surface area contributed by atoms with E-state index in [1.807, 2.05) is 11.6 Å². The van der Waals surface area contributed by atoms with Gasteiger partial charge in [-0.3, -0.25) is 5.41 Å². The third-order valence-electron chi connectivity index (χ3n) is 1.08. The first-order valence-electron chi connectivity index (χ1n) is 3.17. The van der Waals surface area contributed by atoms with Gasteiger partial charge in [-0.15, -0.1) is 23.7 Å². The predicted octanol–water partition coefficient (Wildman–Crippen LogP) is 2.41. The van der Waals surface area contributed by atoms with Crippen molar-refractivity contribution in [2.24, 2.45) is 5.73 Å². The molecule has 3 nitrogen and oxygen atoms in total. The van der Waals surface area contributed by atoms with Gasteiger partial charge in [0.25, 0.3) is 0 Å². The Morgan fingerprint density at radius 2 is 2.46 bits per heavy atom. The Labute approximate surface area is 95.8 Å². The average molecular weight is 256 g/mol. The molecule has 74 valence electrons. The summed E-state index contributed by atoms with van der Waals surface area (Å²) in [4.78, 5) is 4.31. The molecule has 0 saturated heterocycles. The van der Waals surface area contributed by atoms with Crippen molar-refractivity contribution in [1.82, 2.24) is 4.98 Å². The Morgan fingerprint density at radius 3 is 2.92 bits per heavy atom. The number of thioether (sulfide) groups is 2. The Balaban J connectivity index is 0.00000144. The molecule has 0 radical (unpaired) electrons. The van der Waals surface area contributed by atoms with Gasteiger partial charge in [-0.25, -0.2) is 4.98 Å². The maximum atomic E-state index is 7.01. The average Bonchev–Trinajstić information content (AvgIpc) is 2.48. The van der Waals surface area contributed by atoms with E-state index in [0.29, 0.717) is 5.75 Å². The van der Waals surface area contributed by atoms with Gasteiger partial charge in [-0.05, 0) is 6.26 Å². The first-order chi connectivity index (χ1) is 5.72. The zero-order valence-corrected chi connectivity index (χ0v) is 10.2. The smallest absolute Gasteiger partial charge is 0.151 e. The summed E-state index contributed by atoms with van der Waals surface area (Å²) in [6.45, 7) is 0. The Hall–Kier alpha value is 0.0900.